The van der Waals surface area contributed by atoms with Crippen molar-refractivity contribution in [3.63, 3.8) is 0 Å². The molecule has 0 aliphatic heterocycles. The maximum atomic E-state index is 11.2. The van der Waals surface area contributed by atoms with Crippen LogP contribution in [-0.2, 0) is 14.3 Å². The van der Waals surface area contributed by atoms with E-state index in [1.807, 2.05) is 0 Å². The maximum Gasteiger partial charge on any atom is 0.336 e. The van der Waals surface area contributed by atoms with Crippen molar-refractivity contribution >= 4 is 11.9 Å². The van der Waals surface area contributed by atoms with Crippen LogP contribution < -0.4 is 0 Å². The molecule has 15 heavy (non-hydrogen) atoms. The predicted molar refractivity (Wildman–Crippen MR) is 46.9 cm³/mol. The molecule has 1 unspecified atom stereocenters. The van der Waals surface area contributed by atoms with Crippen molar-refractivity contribution < 1.29 is 34.8 Å². The Morgan fingerprint density at radius 2 is 1.80 bits per heavy atom. The maximum absolute atomic E-state index is 11.2. The summed E-state index contributed by atoms with van der Waals surface area (Å²) in [5.74, 6) is -2.48. The average molecular weight is 222 g/mol. The van der Waals surface area contributed by atoms with Crippen molar-refractivity contribution in [1.82, 2.24) is 0 Å². The fourth-order valence-electron chi connectivity index (χ4n) is 0.579. The average Bonchev–Trinajstić information content (AvgIpc) is 2.23. The third kappa shape index (κ3) is 3.82. The highest BCUT2D eigenvalue weighted by Crippen LogP contribution is 2.16. The Labute approximate surface area is 85.9 Å². The second-order valence-corrected chi connectivity index (χ2v) is 3.33. The van der Waals surface area contributed by atoms with Gasteiger partial charge >= 0.3 is 11.9 Å². The number of carboxylic acids is 1. The Hall–Kier alpha value is -1.18. The van der Waals surface area contributed by atoms with Crippen molar-refractivity contribution in [1.29, 1.82) is 0 Å². The molecule has 0 saturated heterocycles. The SMILES string of the molecule is CC(CO)(CO)C(=O)OCC(O)C(=O)O. The molecule has 0 aromatic heterocycles. The molecule has 4 N–H and O–H groups in total. The van der Waals surface area contributed by atoms with Gasteiger partial charge in [-0.15, -0.1) is 0 Å². The van der Waals surface area contributed by atoms with Crippen molar-refractivity contribution in [2.45, 2.75) is 13.0 Å². The molecular weight excluding hydrogens is 208 g/mol. The van der Waals surface area contributed by atoms with E-state index in [1.165, 1.54) is 6.92 Å². The first kappa shape index (κ1) is 13.8. The van der Waals surface area contributed by atoms with Gasteiger partial charge in [0.2, 0.25) is 0 Å². The highest BCUT2D eigenvalue weighted by molar-refractivity contribution is 5.77. The Balaban J connectivity index is 4.19. The summed E-state index contributed by atoms with van der Waals surface area (Å²) < 4.78 is 4.42. The van der Waals surface area contributed by atoms with Gasteiger partial charge in [0.15, 0.2) is 6.10 Å². The quantitative estimate of drug-likeness (QED) is 0.382. The normalized spacial score (nSPS) is 13.3. The zero-order valence-electron chi connectivity index (χ0n) is 8.21. The summed E-state index contributed by atoms with van der Waals surface area (Å²) >= 11 is 0. The van der Waals surface area contributed by atoms with Crippen LogP contribution in [0.1, 0.15) is 6.92 Å². The fourth-order valence-corrected chi connectivity index (χ4v) is 0.579. The number of aliphatic hydroxyl groups is 3. The van der Waals surface area contributed by atoms with Crippen molar-refractivity contribution in [3.05, 3.63) is 0 Å². The van der Waals surface area contributed by atoms with Gasteiger partial charge in [0.05, 0.1) is 13.2 Å². The number of esters is 1. The number of hydrogen-bond acceptors (Lipinski definition) is 6. The Kier molecular flexibility index (Phi) is 5.20. The fraction of sp³-hybridized carbons (Fsp3) is 0.750. The number of hydrogen-bond donors (Lipinski definition) is 4. The lowest BCUT2D eigenvalue weighted by Crippen LogP contribution is -2.39. The van der Waals surface area contributed by atoms with E-state index in [0.717, 1.165) is 0 Å². The van der Waals surface area contributed by atoms with Crippen LogP contribution >= 0.6 is 0 Å². The van der Waals surface area contributed by atoms with Crippen LogP contribution in [0, 0.1) is 5.41 Å². The topological polar surface area (TPSA) is 124 Å². The molecule has 0 radical (unpaired) electrons. The summed E-state index contributed by atoms with van der Waals surface area (Å²) in [5.41, 5.74) is -1.49. The van der Waals surface area contributed by atoms with E-state index < -0.39 is 43.3 Å². The lowest BCUT2D eigenvalue weighted by atomic mass is 9.93. The van der Waals surface area contributed by atoms with Crippen molar-refractivity contribution in [2.75, 3.05) is 19.8 Å². The molecule has 7 heteroatoms. The van der Waals surface area contributed by atoms with Gasteiger partial charge < -0.3 is 25.2 Å². The molecule has 0 amide bonds. The predicted octanol–water partition coefficient (Wildman–Crippen LogP) is -2.03. The zero-order chi connectivity index (χ0) is 12.1. The number of carbonyl (C=O) groups excluding carboxylic acids is 1. The first-order chi connectivity index (χ1) is 6.87. The Bertz CT molecular complexity index is 233. The first-order valence-corrected chi connectivity index (χ1v) is 4.17. The smallest absolute Gasteiger partial charge is 0.336 e. The molecule has 0 heterocycles. The van der Waals surface area contributed by atoms with Gasteiger partial charge in [0.1, 0.15) is 12.0 Å². The van der Waals surface area contributed by atoms with Crippen LogP contribution in [0.4, 0.5) is 0 Å². The second kappa shape index (κ2) is 5.64. The first-order valence-electron chi connectivity index (χ1n) is 4.17. The Morgan fingerprint density at radius 1 is 1.33 bits per heavy atom. The minimum Gasteiger partial charge on any atom is -0.479 e. The lowest BCUT2D eigenvalue weighted by molar-refractivity contribution is -0.166. The zero-order valence-corrected chi connectivity index (χ0v) is 8.21. The van der Waals surface area contributed by atoms with E-state index in [9.17, 15) is 9.59 Å². The summed E-state index contributed by atoms with van der Waals surface area (Å²) in [7, 11) is 0. The third-order valence-corrected chi connectivity index (χ3v) is 1.85. The van der Waals surface area contributed by atoms with E-state index in [2.05, 4.69) is 4.74 Å². The van der Waals surface area contributed by atoms with E-state index >= 15 is 0 Å². The molecule has 0 aliphatic rings. The van der Waals surface area contributed by atoms with Crippen LogP contribution in [0.2, 0.25) is 0 Å². The van der Waals surface area contributed by atoms with Gasteiger partial charge in [-0.05, 0) is 6.92 Å². The minimum atomic E-state index is -1.81. The summed E-state index contributed by atoms with van der Waals surface area (Å²) in [6, 6.07) is 0. The number of aliphatic hydroxyl groups excluding tert-OH is 3. The standard InChI is InChI=1S/C8H14O7/c1-8(3-9,4-10)7(14)15-2-5(11)6(12)13/h5,9-11H,2-4H2,1H3,(H,12,13). The number of rotatable bonds is 6. The van der Waals surface area contributed by atoms with E-state index in [1.54, 1.807) is 0 Å². The number of ether oxygens (including phenoxy) is 1. The lowest BCUT2D eigenvalue weighted by Gasteiger charge is -2.22. The monoisotopic (exact) mass is 222 g/mol. The van der Waals surface area contributed by atoms with Crippen LogP contribution in [0.5, 0.6) is 0 Å². The molecule has 0 aliphatic carbocycles. The van der Waals surface area contributed by atoms with Gasteiger partial charge in [0.25, 0.3) is 0 Å². The van der Waals surface area contributed by atoms with E-state index in [0.29, 0.717) is 0 Å². The van der Waals surface area contributed by atoms with Gasteiger partial charge in [-0.2, -0.15) is 0 Å². The van der Waals surface area contributed by atoms with Crippen molar-refractivity contribution in [3.8, 4) is 0 Å². The molecule has 7 nitrogen and oxygen atoms in total. The highest BCUT2D eigenvalue weighted by atomic mass is 16.5. The molecule has 0 saturated carbocycles. The summed E-state index contributed by atoms with van der Waals surface area (Å²) in [6.07, 6.45) is -1.81. The van der Waals surface area contributed by atoms with Gasteiger partial charge in [-0.25, -0.2) is 4.79 Å². The van der Waals surface area contributed by atoms with Gasteiger partial charge in [0, 0.05) is 0 Å². The van der Waals surface area contributed by atoms with Gasteiger partial charge in [-0.3, -0.25) is 4.79 Å². The summed E-state index contributed by atoms with van der Waals surface area (Å²) in [5, 5.41) is 34.6. The highest BCUT2D eigenvalue weighted by Gasteiger charge is 2.34. The van der Waals surface area contributed by atoms with Crippen LogP contribution in [0.3, 0.4) is 0 Å². The summed E-state index contributed by atoms with van der Waals surface area (Å²) in [6.45, 7) is -0.733. The molecule has 0 rings (SSSR count). The largest absolute Gasteiger partial charge is 0.479 e. The van der Waals surface area contributed by atoms with E-state index in [4.69, 9.17) is 20.4 Å². The second-order valence-electron chi connectivity index (χ2n) is 3.33. The van der Waals surface area contributed by atoms with Gasteiger partial charge in [-0.1, -0.05) is 0 Å². The van der Waals surface area contributed by atoms with Crippen LogP contribution in [-0.4, -0.2) is 58.3 Å². The molecule has 0 bridgehead atoms. The summed E-state index contributed by atoms with van der Waals surface area (Å²) in [4.78, 5) is 21.4. The molecule has 0 aromatic rings. The molecule has 0 spiro atoms. The van der Waals surface area contributed by atoms with E-state index in [-0.39, 0.29) is 0 Å². The van der Waals surface area contributed by atoms with Crippen LogP contribution in [0.25, 0.3) is 0 Å². The third-order valence-electron chi connectivity index (χ3n) is 1.85. The molecular formula is C8H14O7. The molecule has 88 valence electrons. The molecule has 1 atom stereocenters. The molecule has 0 fully saturated rings. The van der Waals surface area contributed by atoms with Crippen molar-refractivity contribution in [2.24, 2.45) is 5.41 Å². The number of carboxylic acid groups (broad SMARTS) is 1. The Morgan fingerprint density at radius 3 is 2.13 bits per heavy atom. The number of carbonyl (C=O) groups is 2. The number of aliphatic carboxylic acids is 1. The minimum absolute atomic E-state index is 0.633. The molecule has 0 aromatic carbocycles. The van der Waals surface area contributed by atoms with Crippen LogP contribution in [0.15, 0.2) is 0 Å².